The monoisotopic (exact) mass is 447 g/mol. The minimum Gasteiger partial charge on any atom is -0.507 e. The molecule has 2 aromatic carbocycles. The Bertz CT molecular complexity index is 1170. The van der Waals surface area contributed by atoms with Gasteiger partial charge in [0.25, 0.3) is 11.7 Å². The Hall–Kier alpha value is -4.07. The van der Waals surface area contributed by atoms with E-state index in [9.17, 15) is 14.7 Å². The molecule has 0 radical (unpaired) electrons. The molecule has 1 saturated heterocycles. The molecule has 1 aliphatic heterocycles. The molecule has 170 valence electrons. The second-order valence-corrected chi connectivity index (χ2v) is 7.62. The van der Waals surface area contributed by atoms with Crippen molar-refractivity contribution in [1.29, 1.82) is 0 Å². The van der Waals surface area contributed by atoms with Gasteiger partial charge in [0.1, 0.15) is 17.3 Å². The lowest BCUT2D eigenvalue weighted by molar-refractivity contribution is -0.140. The number of aromatic nitrogens is 2. The highest BCUT2D eigenvalue weighted by atomic mass is 16.5. The SMILES string of the molecule is COc1ccc(OC)c(C2/C(=C(/O)c3ccccc3)C(=O)C(=O)N2CCCn2ccnc2)c1. The number of ketones is 1. The molecule has 3 aromatic rings. The lowest BCUT2D eigenvalue weighted by atomic mass is 9.94. The van der Waals surface area contributed by atoms with Crippen LogP contribution in [0.1, 0.15) is 23.6 Å². The number of Topliss-reactive ketones (excluding diaryl/α,β-unsaturated/α-hetero) is 1. The average molecular weight is 447 g/mol. The molecule has 0 bridgehead atoms. The minimum absolute atomic E-state index is 0.0281. The summed E-state index contributed by atoms with van der Waals surface area (Å²) in [5.74, 6) is -0.571. The van der Waals surface area contributed by atoms with Crippen LogP contribution in [-0.2, 0) is 16.1 Å². The van der Waals surface area contributed by atoms with E-state index in [1.165, 1.54) is 19.1 Å². The molecule has 1 amide bonds. The number of nitrogens with zero attached hydrogens (tertiary/aromatic N) is 3. The van der Waals surface area contributed by atoms with Crippen LogP contribution in [0.2, 0.25) is 0 Å². The highest BCUT2D eigenvalue weighted by Gasteiger charge is 2.47. The molecule has 33 heavy (non-hydrogen) atoms. The van der Waals surface area contributed by atoms with Gasteiger partial charge in [-0.05, 0) is 24.6 Å². The van der Waals surface area contributed by atoms with Crippen LogP contribution in [-0.4, -0.2) is 52.0 Å². The quantitative estimate of drug-likeness (QED) is 0.323. The fourth-order valence-corrected chi connectivity index (χ4v) is 4.08. The van der Waals surface area contributed by atoms with E-state index in [1.807, 2.05) is 16.8 Å². The fraction of sp³-hybridized carbons (Fsp3) is 0.240. The number of rotatable bonds is 8. The van der Waals surface area contributed by atoms with Crippen molar-refractivity contribution in [2.75, 3.05) is 20.8 Å². The van der Waals surface area contributed by atoms with Crippen LogP contribution in [0, 0.1) is 0 Å². The summed E-state index contributed by atoms with van der Waals surface area (Å²) < 4.78 is 12.8. The molecule has 8 nitrogen and oxygen atoms in total. The maximum Gasteiger partial charge on any atom is 0.295 e. The summed E-state index contributed by atoms with van der Waals surface area (Å²) in [6, 6.07) is 13.1. The summed E-state index contributed by atoms with van der Waals surface area (Å²) in [7, 11) is 3.06. The predicted molar refractivity (Wildman–Crippen MR) is 122 cm³/mol. The number of aryl methyl sites for hydroxylation is 1. The lowest BCUT2D eigenvalue weighted by Crippen LogP contribution is -2.31. The number of likely N-dealkylation sites (tertiary alicyclic amines) is 1. The first-order valence-electron chi connectivity index (χ1n) is 10.6. The van der Waals surface area contributed by atoms with Crippen LogP contribution in [0.15, 0.2) is 72.8 Å². The summed E-state index contributed by atoms with van der Waals surface area (Å²) in [5.41, 5.74) is 1.05. The van der Waals surface area contributed by atoms with Crippen LogP contribution in [0.25, 0.3) is 5.76 Å². The number of hydrogen-bond acceptors (Lipinski definition) is 6. The maximum absolute atomic E-state index is 13.2. The van der Waals surface area contributed by atoms with Gasteiger partial charge >= 0.3 is 0 Å². The topological polar surface area (TPSA) is 93.9 Å². The number of benzene rings is 2. The van der Waals surface area contributed by atoms with Gasteiger partial charge in [0, 0.05) is 36.6 Å². The van der Waals surface area contributed by atoms with Gasteiger partial charge in [-0.25, -0.2) is 4.98 Å². The Morgan fingerprint density at radius 2 is 1.85 bits per heavy atom. The number of hydrogen-bond donors (Lipinski definition) is 1. The molecule has 4 rings (SSSR count). The number of ether oxygens (including phenoxy) is 2. The predicted octanol–water partition coefficient (Wildman–Crippen LogP) is 3.41. The molecule has 1 aliphatic rings. The van der Waals surface area contributed by atoms with E-state index in [-0.39, 0.29) is 11.3 Å². The zero-order valence-electron chi connectivity index (χ0n) is 18.5. The maximum atomic E-state index is 13.2. The van der Waals surface area contributed by atoms with Crippen LogP contribution in [0.4, 0.5) is 0 Å². The Labute approximate surface area is 191 Å². The first-order chi connectivity index (χ1) is 16.0. The third-order valence-corrected chi connectivity index (χ3v) is 5.69. The largest absolute Gasteiger partial charge is 0.507 e. The molecule has 0 aliphatic carbocycles. The van der Waals surface area contributed by atoms with Gasteiger partial charge in [0.15, 0.2) is 0 Å². The molecule has 1 aromatic heterocycles. The fourth-order valence-electron chi connectivity index (χ4n) is 4.08. The molecular formula is C25H25N3O5. The summed E-state index contributed by atoms with van der Waals surface area (Å²) in [4.78, 5) is 31.8. The zero-order valence-corrected chi connectivity index (χ0v) is 18.5. The lowest BCUT2D eigenvalue weighted by Gasteiger charge is -2.27. The summed E-state index contributed by atoms with van der Waals surface area (Å²) in [6.07, 6.45) is 5.82. The van der Waals surface area contributed by atoms with Crippen LogP contribution in [0.5, 0.6) is 11.5 Å². The van der Waals surface area contributed by atoms with Crippen molar-refractivity contribution in [3.05, 3.63) is 84.0 Å². The van der Waals surface area contributed by atoms with Crippen molar-refractivity contribution in [1.82, 2.24) is 14.5 Å². The molecule has 8 heteroatoms. The molecule has 2 heterocycles. The van der Waals surface area contributed by atoms with E-state index in [0.29, 0.717) is 42.1 Å². The zero-order chi connectivity index (χ0) is 23.4. The van der Waals surface area contributed by atoms with E-state index in [0.717, 1.165) is 0 Å². The number of carbonyl (C=O) groups is 2. The Morgan fingerprint density at radius 1 is 1.06 bits per heavy atom. The van der Waals surface area contributed by atoms with Crippen molar-refractivity contribution < 1.29 is 24.2 Å². The molecule has 1 N–H and O–H groups in total. The second kappa shape index (κ2) is 9.60. The van der Waals surface area contributed by atoms with Crippen LogP contribution >= 0.6 is 0 Å². The molecular weight excluding hydrogens is 422 g/mol. The van der Waals surface area contributed by atoms with Crippen molar-refractivity contribution in [2.45, 2.75) is 19.0 Å². The smallest absolute Gasteiger partial charge is 0.295 e. The van der Waals surface area contributed by atoms with Gasteiger partial charge in [-0.1, -0.05) is 30.3 Å². The van der Waals surface area contributed by atoms with E-state index >= 15 is 0 Å². The van der Waals surface area contributed by atoms with Crippen LogP contribution < -0.4 is 9.47 Å². The molecule has 1 unspecified atom stereocenters. The van der Waals surface area contributed by atoms with E-state index in [4.69, 9.17) is 9.47 Å². The first kappa shape index (κ1) is 22.1. The second-order valence-electron chi connectivity index (χ2n) is 7.62. The summed E-state index contributed by atoms with van der Waals surface area (Å²) in [6.45, 7) is 0.934. The van der Waals surface area contributed by atoms with Gasteiger partial charge in [-0.2, -0.15) is 0 Å². The minimum atomic E-state index is -0.821. The van der Waals surface area contributed by atoms with Gasteiger partial charge in [0.05, 0.1) is 32.2 Å². The van der Waals surface area contributed by atoms with E-state index in [2.05, 4.69) is 4.98 Å². The summed E-state index contributed by atoms with van der Waals surface area (Å²) >= 11 is 0. The van der Waals surface area contributed by atoms with Crippen LogP contribution in [0.3, 0.4) is 0 Å². The molecule has 1 atom stereocenters. The van der Waals surface area contributed by atoms with Gasteiger partial charge in [-0.3, -0.25) is 9.59 Å². The van der Waals surface area contributed by atoms with Gasteiger partial charge in [-0.15, -0.1) is 0 Å². The number of imidazole rings is 1. The highest BCUT2D eigenvalue weighted by Crippen LogP contribution is 2.43. The van der Waals surface area contributed by atoms with Gasteiger partial charge < -0.3 is 24.0 Å². The van der Waals surface area contributed by atoms with E-state index < -0.39 is 17.7 Å². The van der Waals surface area contributed by atoms with Crippen molar-refractivity contribution in [3.63, 3.8) is 0 Å². The third kappa shape index (κ3) is 4.32. The molecule has 1 fully saturated rings. The number of methoxy groups -OCH3 is 2. The highest BCUT2D eigenvalue weighted by molar-refractivity contribution is 6.46. The van der Waals surface area contributed by atoms with Crippen molar-refractivity contribution in [3.8, 4) is 11.5 Å². The Morgan fingerprint density at radius 3 is 2.52 bits per heavy atom. The first-order valence-corrected chi connectivity index (χ1v) is 10.6. The van der Waals surface area contributed by atoms with Gasteiger partial charge in [0.2, 0.25) is 0 Å². The average Bonchev–Trinajstić information content (AvgIpc) is 3.46. The van der Waals surface area contributed by atoms with Crippen molar-refractivity contribution >= 4 is 17.4 Å². The van der Waals surface area contributed by atoms with Crippen molar-refractivity contribution in [2.24, 2.45) is 0 Å². The number of carbonyl (C=O) groups excluding carboxylic acids is 2. The number of aliphatic hydroxyl groups is 1. The normalized spacial score (nSPS) is 17.4. The Balaban J connectivity index is 1.80. The van der Waals surface area contributed by atoms with E-state index in [1.54, 1.807) is 55.0 Å². The molecule has 0 saturated carbocycles. The number of amides is 1. The molecule has 0 spiro atoms. The standard InChI is InChI=1S/C25H25N3O5/c1-32-18-9-10-20(33-2)19(15-18)22-21(23(29)17-7-4-3-5-8-17)24(30)25(31)28(22)13-6-12-27-14-11-26-16-27/h3-5,7-11,14-16,22,29H,6,12-13H2,1-2H3/b23-21-. The summed E-state index contributed by atoms with van der Waals surface area (Å²) in [5, 5.41) is 11.1. The number of aliphatic hydroxyl groups excluding tert-OH is 1. The third-order valence-electron chi connectivity index (χ3n) is 5.69. The Kier molecular flexibility index (Phi) is 6.44.